The zero-order valence-corrected chi connectivity index (χ0v) is 10.4. The molecule has 1 saturated carbocycles. The van der Waals surface area contributed by atoms with Crippen LogP contribution in [0.1, 0.15) is 28.9 Å². The molecule has 92 valence electrons. The topological polar surface area (TPSA) is 59.2 Å². The normalized spacial score (nSPS) is 16.6. The van der Waals surface area contributed by atoms with Crippen molar-refractivity contribution in [2.75, 3.05) is 13.6 Å². The molecule has 1 atom stereocenters. The van der Waals surface area contributed by atoms with Gasteiger partial charge in [0.2, 0.25) is 0 Å². The summed E-state index contributed by atoms with van der Waals surface area (Å²) in [5.41, 5.74) is 7.30. The summed E-state index contributed by atoms with van der Waals surface area (Å²) in [5, 5.41) is 0. The fourth-order valence-electron chi connectivity index (χ4n) is 2.10. The predicted molar refractivity (Wildman–Crippen MR) is 66.6 cm³/mol. The minimum absolute atomic E-state index is 0.0138. The number of aryl methyl sites for hydroxylation is 1. The van der Waals surface area contributed by atoms with E-state index in [0.29, 0.717) is 18.0 Å². The Hall–Kier alpha value is -1.42. The van der Waals surface area contributed by atoms with Crippen LogP contribution in [0, 0.1) is 12.8 Å². The van der Waals surface area contributed by atoms with Crippen LogP contribution in [0.4, 0.5) is 0 Å². The molecule has 1 aliphatic carbocycles. The van der Waals surface area contributed by atoms with Crippen molar-refractivity contribution in [1.82, 2.24) is 9.88 Å². The van der Waals surface area contributed by atoms with Gasteiger partial charge in [-0.2, -0.15) is 0 Å². The highest BCUT2D eigenvalue weighted by molar-refractivity contribution is 5.94. The Morgan fingerprint density at radius 1 is 1.59 bits per heavy atom. The second-order valence-electron chi connectivity index (χ2n) is 4.74. The molecule has 4 heteroatoms. The summed E-state index contributed by atoms with van der Waals surface area (Å²) in [7, 11) is 1.83. The smallest absolute Gasteiger partial charge is 0.255 e. The molecule has 1 heterocycles. The second kappa shape index (κ2) is 4.84. The first-order valence-corrected chi connectivity index (χ1v) is 6.03. The summed E-state index contributed by atoms with van der Waals surface area (Å²) >= 11 is 0. The van der Waals surface area contributed by atoms with E-state index in [0.717, 1.165) is 5.69 Å². The quantitative estimate of drug-likeness (QED) is 0.850. The molecular formula is C13H19N3O. The highest BCUT2D eigenvalue weighted by Gasteiger charge is 2.34. The Labute approximate surface area is 102 Å². The number of nitrogens with two attached hydrogens (primary N) is 1. The van der Waals surface area contributed by atoms with E-state index < -0.39 is 0 Å². The Balaban J connectivity index is 2.10. The SMILES string of the molecule is Cc1ccc(C(=O)N(C)C(CN)C2CC2)cn1. The van der Waals surface area contributed by atoms with E-state index in [2.05, 4.69) is 4.98 Å². The van der Waals surface area contributed by atoms with Gasteiger partial charge in [0.05, 0.1) is 5.56 Å². The van der Waals surface area contributed by atoms with Crippen molar-refractivity contribution in [3.63, 3.8) is 0 Å². The summed E-state index contributed by atoms with van der Waals surface area (Å²) in [6, 6.07) is 3.85. The first kappa shape index (κ1) is 12.0. The molecule has 2 rings (SSSR count). The van der Waals surface area contributed by atoms with Crippen LogP contribution in [0.15, 0.2) is 18.3 Å². The summed E-state index contributed by atoms with van der Waals surface area (Å²) in [6.07, 6.45) is 4.01. The molecule has 0 bridgehead atoms. The maximum absolute atomic E-state index is 12.2. The van der Waals surface area contributed by atoms with Crippen LogP contribution in [0.25, 0.3) is 0 Å². The van der Waals surface area contributed by atoms with E-state index in [9.17, 15) is 4.79 Å². The number of amides is 1. The maximum Gasteiger partial charge on any atom is 0.255 e. The Bertz CT molecular complexity index is 398. The zero-order valence-electron chi connectivity index (χ0n) is 10.4. The summed E-state index contributed by atoms with van der Waals surface area (Å²) < 4.78 is 0. The van der Waals surface area contributed by atoms with Crippen LogP contribution in [0.5, 0.6) is 0 Å². The zero-order chi connectivity index (χ0) is 12.4. The number of carbonyl (C=O) groups is 1. The van der Waals surface area contributed by atoms with Crippen LogP contribution in [-0.2, 0) is 0 Å². The van der Waals surface area contributed by atoms with Gasteiger partial charge in [0.25, 0.3) is 5.91 Å². The van der Waals surface area contributed by atoms with Crippen molar-refractivity contribution < 1.29 is 4.79 Å². The van der Waals surface area contributed by atoms with Crippen LogP contribution in [0.2, 0.25) is 0 Å². The number of carbonyl (C=O) groups excluding carboxylic acids is 1. The van der Waals surface area contributed by atoms with Crippen LogP contribution in [0.3, 0.4) is 0 Å². The molecule has 1 aromatic heterocycles. The second-order valence-corrected chi connectivity index (χ2v) is 4.74. The lowest BCUT2D eigenvalue weighted by Gasteiger charge is -2.27. The first-order chi connectivity index (χ1) is 8.13. The molecule has 0 spiro atoms. The van der Waals surface area contributed by atoms with Gasteiger partial charge < -0.3 is 10.6 Å². The summed E-state index contributed by atoms with van der Waals surface area (Å²) in [5.74, 6) is 0.604. The molecule has 1 aliphatic rings. The van der Waals surface area contributed by atoms with Crippen molar-refractivity contribution >= 4 is 5.91 Å². The molecule has 0 radical (unpaired) electrons. The fourth-order valence-corrected chi connectivity index (χ4v) is 2.10. The number of rotatable bonds is 4. The minimum Gasteiger partial charge on any atom is -0.337 e. The Kier molecular flexibility index (Phi) is 3.43. The van der Waals surface area contributed by atoms with E-state index in [1.807, 2.05) is 26.1 Å². The molecule has 1 fully saturated rings. The highest BCUT2D eigenvalue weighted by Crippen LogP contribution is 2.34. The maximum atomic E-state index is 12.2. The molecule has 0 aliphatic heterocycles. The molecule has 2 N–H and O–H groups in total. The third-order valence-electron chi connectivity index (χ3n) is 3.38. The number of hydrogen-bond acceptors (Lipinski definition) is 3. The largest absolute Gasteiger partial charge is 0.337 e. The lowest BCUT2D eigenvalue weighted by molar-refractivity contribution is 0.0718. The predicted octanol–water partition coefficient (Wildman–Crippen LogP) is 1.20. The highest BCUT2D eigenvalue weighted by atomic mass is 16.2. The average Bonchev–Trinajstić information content (AvgIpc) is 3.14. The number of aromatic nitrogens is 1. The molecule has 4 nitrogen and oxygen atoms in total. The van der Waals surface area contributed by atoms with E-state index in [4.69, 9.17) is 5.73 Å². The van der Waals surface area contributed by atoms with Gasteiger partial charge in [0.1, 0.15) is 0 Å². The van der Waals surface area contributed by atoms with Crippen molar-refractivity contribution in [3.05, 3.63) is 29.6 Å². The summed E-state index contributed by atoms with van der Waals surface area (Å²) in [6.45, 7) is 2.44. The van der Waals surface area contributed by atoms with Crippen LogP contribution >= 0.6 is 0 Å². The van der Waals surface area contributed by atoms with Crippen LogP contribution in [-0.4, -0.2) is 35.4 Å². The first-order valence-electron chi connectivity index (χ1n) is 6.03. The number of hydrogen-bond donors (Lipinski definition) is 1. The van der Waals surface area contributed by atoms with E-state index in [1.54, 1.807) is 11.1 Å². The number of pyridine rings is 1. The lowest BCUT2D eigenvalue weighted by Crippen LogP contribution is -2.43. The Morgan fingerprint density at radius 2 is 2.29 bits per heavy atom. The summed E-state index contributed by atoms with van der Waals surface area (Å²) in [4.78, 5) is 18.1. The van der Waals surface area contributed by atoms with Gasteiger partial charge in [-0.15, -0.1) is 0 Å². The molecule has 1 amide bonds. The van der Waals surface area contributed by atoms with Crippen molar-refractivity contribution in [3.8, 4) is 0 Å². The molecule has 1 unspecified atom stereocenters. The van der Waals surface area contributed by atoms with Gasteiger partial charge in [0.15, 0.2) is 0 Å². The molecule has 0 aromatic carbocycles. The third-order valence-corrected chi connectivity index (χ3v) is 3.38. The van der Waals surface area contributed by atoms with Gasteiger partial charge in [0, 0.05) is 31.5 Å². The van der Waals surface area contributed by atoms with Crippen LogP contribution < -0.4 is 5.73 Å². The fraction of sp³-hybridized carbons (Fsp3) is 0.538. The Morgan fingerprint density at radius 3 is 2.76 bits per heavy atom. The minimum atomic E-state index is 0.0138. The van der Waals surface area contributed by atoms with Gasteiger partial charge in [-0.1, -0.05) is 0 Å². The average molecular weight is 233 g/mol. The standard InChI is InChI=1S/C13H19N3O/c1-9-3-4-11(8-15-9)13(17)16(2)12(7-14)10-5-6-10/h3-4,8,10,12H,5-7,14H2,1-2H3. The van der Waals surface area contributed by atoms with Gasteiger partial charge in [-0.05, 0) is 37.8 Å². The van der Waals surface area contributed by atoms with Gasteiger partial charge >= 0.3 is 0 Å². The third kappa shape index (κ3) is 2.64. The number of likely N-dealkylation sites (N-methyl/N-ethyl adjacent to an activating group) is 1. The van der Waals surface area contributed by atoms with Crippen molar-refractivity contribution in [2.24, 2.45) is 11.7 Å². The van der Waals surface area contributed by atoms with Gasteiger partial charge in [-0.25, -0.2) is 0 Å². The van der Waals surface area contributed by atoms with Gasteiger partial charge in [-0.3, -0.25) is 9.78 Å². The van der Waals surface area contributed by atoms with E-state index in [-0.39, 0.29) is 11.9 Å². The van der Waals surface area contributed by atoms with E-state index in [1.165, 1.54) is 12.8 Å². The number of nitrogens with zero attached hydrogens (tertiary/aromatic N) is 2. The van der Waals surface area contributed by atoms with Crippen molar-refractivity contribution in [1.29, 1.82) is 0 Å². The lowest BCUT2D eigenvalue weighted by atomic mass is 10.1. The molecule has 1 aromatic rings. The molecule has 17 heavy (non-hydrogen) atoms. The molecular weight excluding hydrogens is 214 g/mol. The van der Waals surface area contributed by atoms with E-state index >= 15 is 0 Å². The molecule has 0 saturated heterocycles. The monoisotopic (exact) mass is 233 g/mol. The van der Waals surface area contributed by atoms with Crippen molar-refractivity contribution in [2.45, 2.75) is 25.8 Å².